The number of nitrogens with zero attached hydrogens (tertiary/aromatic N) is 2. The molecule has 2 heterocycles. The van der Waals surface area contributed by atoms with Crippen LogP contribution in [0.5, 0.6) is 0 Å². The lowest BCUT2D eigenvalue weighted by Crippen LogP contribution is -2.42. The summed E-state index contributed by atoms with van der Waals surface area (Å²) in [5.74, 6) is -0.240. The summed E-state index contributed by atoms with van der Waals surface area (Å²) in [7, 11) is -3.23. The van der Waals surface area contributed by atoms with Gasteiger partial charge >= 0.3 is 0 Å². The number of hydrogen-bond acceptors (Lipinski definition) is 4. The van der Waals surface area contributed by atoms with E-state index >= 15 is 0 Å². The molecular weight excluding hydrogens is 350 g/mol. The van der Waals surface area contributed by atoms with Crippen molar-refractivity contribution in [2.75, 3.05) is 13.1 Å². The molecule has 1 N–H and O–H groups in total. The van der Waals surface area contributed by atoms with Gasteiger partial charge in [-0.25, -0.2) is 12.7 Å². The number of sulfonamides is 1. The van der Waals surface area contributed by atoms with Gasteiger partial charge in [0.15, 0.2) is 0 Å². The highest BCUT2D eigenvalue weighted by Crippen LogP contribution is 2.49. The Morgan fingerprint density at radius 3 is 2.54 bits per heavy atom. The third kappa shape index (κ3) is 3.39. The molecular formula is C19H27N3O3S. The normalized spacial score (nSPS) is 26.1. The summed E-state index contributed by atoms with van der Waals surface area (Å²) in [4.78, 5) is 17.0. The monoisotopic (exact) mass is 377 g/mol. The molecule has 1 aromatic rings. The van der Waals surface area contributed by atoms with Gasteiger partial charge in [0, 0.05) is 32.0 Å². The number of aromatic nitrogens is 1. The quantitative estimate of drug-likeness (QED) is 0.852. The molecule has 3 aliphatic rings. The first-order valence-electron chi connectivity index (χ1n) is 9.67. The summed E-state index contributed by atoms with van der Waals surface area (Å²) in [6, 6.07) is 3.77. The van der Waals surface area contributed by atoms with Gasteiger partial charge in [-0.05, 0) is 48.8 Å². The second kappa shape index (κ2) is 6.93. The minimum Gasteiger partial charge on any atom is -0.352 e. The lowest BCUT2D eigenvalue weighted by atomic mass is 9.67. The second-order valence-electron chi connectivity index (χ2n) is 8.09. The van der Waals surface area contributed by atoms with Crippen LogP contribution >= 0.6 is 0 Å². The van der Waals surface area contributed by atoms with E-state index in [1.807, 2.05) is 12.1 Å². The van der Waals surface area contributed by atoms with Crippen LogP contribution in [0.3, 0.4) is 0 Å². The van der Waals surface area contributed by atoms with Gasteiger partial charge in [-0.2, -0.15) is 0 Å². The molecule has 26 heavy (non-hydrogen) atoms. The van der Waals surface area contributed by atoms with E-state index in [2.05, 4.69) is 10.3 Å². The van der Waals surface area contributed by atoms with Gasteiger partial charge in [0.05, 0.1) is 11.2 Å². The van der Waals surface area contributed by atoms with Crippen molar-refractivity contribution in [3.63, 3.8) is 0 Å². The highest BCUT2D eigenvalue weighted by Gasteiger charge is 2.54. The second-order valence-corrected chi connectivity index (χ2v) is 10.3. The standard InChI is InChI=1S/C19H27N3O3S/c23-18(21-12-15-6-10-20-11-7-15)17-13-22(26(24,25)16-4-5-16)14-19(17)8-2-1-3-9-19/h6-7,10-11,16-17H,1-5,8-9,12-14H2,(H,21,23). The van der Waals surface area contributed by atoms with Crippen molar-refractivity contribution < 1.29 is 13.2 Å². The zero-order valence-electron chi connectivity index (χ0n) is 15.1. The molecule has 4 rings (SSSR count). The number of rotatable bonds is 5. The predicted molar refractivity (Wildman–Crippen MR) is 98.6 cm³/mol. The Hall–Kier alpha value is -1.47. The average molecular weight is 378 g/mol. The van der Waals surface area contributed by atoms with E-state index in [4.69, 9.17) is 0 Å². The highest BCUT2D eigenvalue weighted by molar-refractivity contribution is 7.90. The molecule has 6 nitrogen and oxygen atoms in total. The first-order valence-corrected chi connectivity index (χ1v) is 11.2. The van der Waals surface area contributed by atoms with Crippen LogP contribution in [-0.2, 0) is 21.4 Å². The summed E-state index contributed by atoms with van der Waals surface area (Å²) in [6.07, 6.45) is 10.2. The van der Waals surface area contributed by atoms with Crippen LogP contribution in [0.2, 0.25) is 0 Å². The third-order valence-corrected chi connectivity index (χ3v) is 8.62. The topological polar surface area (TPSA) is 79.4 Å². The van der Waals surface area contributed by atoms with Crippen molar-refractivity contribution >= 4 is 15.9 Å². The molecule has 2 aliphatic carbocycles. The van der Waals surface area contributed by atoms with Crippen molar-refractivity contribution in [2.24, 2.45) is 11.3 Å². The first kappa shape index (κ1) is 17.9. The maximum atomic E-state index is 13.0. The molecule has 1 saturated heterocycles. The van der Waals surface area contributed by atoms with E-state index in [0.717, 1.165) is 44.1 Å². The highest BCUT2D eigenvalue weighted by atomic mass is 32.2. The summed E-state index contributed by atoms with van der Waals surface area (Å²) < 4.78 is 27.1. The summed E-state index contributed by atoms with van der Waals surface area (Å²) in [6.45, 7) is 1.34. The van der Waals surface area contributed by atoms with E-state index in [9.17, 15) is 13.2 Å². The van der Waals surface area contributed by atoms with Gasteiger partial charge in [-0.3, -0.25) is 9.78 Å². The fourth-order valence-electron chi connectivity index (χ4n) is 4.63. The largest absolute Gasteiger partial charge is 0.352 e. The number of carbonyl (C=O) groups is 1. The molecule has 7 heteroatoms. The molecule has 1 aromatic heterocycles. The fraction of sp³-hybridized carbons (Fsp3) is 0.684. The van der Waals surface area contributed by atoms with Crippen LogP contribution in [0.4, 0.5) is 0 Å². The van der Waals surface area contributed by atoms with E-state index < -0.39 is 10.0 Å². The molecule has 1 aliphatic heterocycles. The Labute approximate surface area is 155 Å². The number of hydrogen-bond donors (Lipinski definition) is 1. The summed E-state index contributed by atoms with van der Waals surface area (Å²) in [5.41, 5.74) is 0.828. The molecule has 0 radical (unpaired) electrons. The molecule has 1 unspecified atom stereocenters. The summed E-state index contributed by atoms with van der Waals surface area (Å²) >= 11 is 0. The maximum absolute atomic E-state index is 13.0. The van der Waals surface area contributed by atoms with Crippen LogP contribution in [0, 0.1) is 11.3 Å². The van der Waals surface area contributed by atoms with Crippen molar-refractivity contribution in [3.05, 3.63) is 30.1 Å². The minimum atomic E-state index is -3.23. The van der Waals surface area contributed by atoms with Gasteiger partial charge in [0.25, 0.3) is 0 Å². The fourth-order valence-corrected chi connectivity index (χ4v) is 6.58. The van der Waals surface area contributed by atoms with Gasteiger partial charge in [0.1, 0.15) is 0 Å². The molecule has 0 aromatic carbocycles. The van der Waals surface area contributed by atoms with Crippen LogP contribution in [-0.4, -0.2) is 42.0 Å². The smallest absolute Gasteiger partial charge is 0.225 e. The lowest BCUT2D eigenvalue weighted by Gasteiger charge is -2.37. The Morgan fingerprint density at radius 1 is 1.19 bits per heavy atom. The van der Waals surface area contributed by atoms with Crippen LogP contribution in [0.25, 0.3) is 0 Å². The maximum Gasteiger partial charge on any atom is 0.225 e. The number of nitrogens with one attached hydrogen (secondary N) is 1. The van der Waals surface area contributed by atoms with Crippen LogP contribution < -0.4 is 5.32 Å². The SMILES string of the molecule is O=C(NCc1ccncc1)C1CN(S(=O)(=O)C2CC2)CC12CCCCC2. The van der Waals surface area contributed by atoms with Crippen molar-refractivity contribution in [3.8, 4) is 0 Å². The molecule has 1 amide bonds. The minimum absolute atomic E-state index is 0.00258. The van der Waals surface area contributed by atoms with E-state index in [0.29, 0.717) is 19.6 Å². The van der Waals surface area contributed by atoms with E-state index in [1.165, 1.54) is 6.42 Å². The Morgan fingerprint density at radius 2 is 1.88 bits per heavy atom. The molecule has 1 atom stereocenters. The number of pyridine rings is 1. The Balaban J connectivity index is 1.50. The van der Waals surface area contributed by atoms with Crippen molar-refractivity contribution in [1.82, 2.24) is 14.6 Å². The van der Waals surface area contributed by atoms with Crippen LogP contribution in [0.1, 0.15) is 50.5 Å². The van der Waals surface area contributed by atoms with Gasteiger partial charge in [-0.15, -0.1) is 0 Å². The molecule has 2 saturated carbocycles. The van der Waals surface area contributed by atoms with Gasteiger partial charge in [-0.1, -0.05) is 19.3 Å². The summed E-state index contributed by atoms with van der Waals surface area (Å²) in [5, 5.41) is 2.83. The predicted octanol–water partition coefficient (Wildman–Crippen LogP) is 2.07. The zero-order chi connectivity index (χ0) is 18.2. The van der Waals surface area contributed by atoms with E-state index in [1.54, 1.807) is 16.7 Å². The van der Waals surface area contributed by atoms with Gasteiger partial charge < -0.3 is 5.32 Å². The third-order valence-electron chi connectivity index (χ3n) is 6.30. The van der Waals surface area contributed by atoms with Gasteiger partial charge in [0.2, 0.25) is 15.9 Å². The Kier molecular flexibility index (Phi) is 4.77. The molecule has 142 valence electrons. The number of amides is 1. The molecule has 3 fully saturated rings. The Bertz CT molecular complexity index is 755. The first-order chi connectivity index (χ1) is 12.5. The van der Waals surface area contributed by atoms with Crippen molar-refractivity contribution in [2.45, 2.75) is 56.7 Å². The number of carbonyl (C=O) groups excluding carboxylic acids is 1. The lowest BCUT2D eigenvalue weighted by molar-refractivity contribution is -0.128. The van der Waals surface area contributed by atoms with E-state index in [-0.39, 0.29) is 22.5 Å². The molecule has 0 bridgehead atoms. The zero-order valence-corrected chi connectivity index (χ0v) is 15.9. The van der Waals surface area contributed by atoms with Crippen molar-refractivity contribution in [1.29, 1.82) is 0 Å². The average Bonchev–Trinajstić information content (AvgIpc) is 3.45. The van der Waals surface area contributed by atoms with Crippen LogP contribution in [0.15, 0.2) is 24.5 Å². The molecule has 1 spiro atoms.